The van der Waals surface area contributed by atoms with Crippen molar-refractivity contribution in [2.75, 3.05) is 18.4 Å². The van der Waals surface area contributed by atoms with E-state index in [1.807, 2.05) is 0 Å². The Morgan fingerprint density at radius 2 is 1.74 bits per heavy atom. The lowest BCUT2D eigenvalue weighted by molar-refractivity contribution is -0.141. The van der Waals surface area contributed by atoms with Crippen molar-refractivity contribution in [1.82, 2.24) is 15.5 Å². The van der Waals surface area contributed by atoms with E-state index in [1.165, 1.54) is 6.07 Å². The summed E-state index contributed by atoms with van der Waals surface area (Å²) in [6.45, 7) is 0.559. The normalized spacial score (nSPS) is 11.1. The first-order valence-corrected chi connectivity index (χ1v) is 6.92. The number of halogens is 4. The molecule has 1 aromatic heterocycles. The summed E-state index contributed by atoms with van der Waals surface area (Å²) in [5, 5.41) is 12.4. The summed E-state index contributed by atoms with van der Waals surface area (Å²) in [6, 6.07) is 8.40. The van der Waals surface area contributed by atoms with Crippen molar-refractivity contribution in [3.63, 3.8) is 0 Å². The third-order valence-corrected chi connectivity index (χ3v) is 3.03. The minimum Gasteiger partial charge on any atom is -0.367 e. The van der Waals surface area contributed by atoms with Crippen LogP contribution in [0.1, 0.15) is 16.1 Å². The van der Waals surface area contributed by atoms with Crippen LogP contribution in [0.25, 0.3) is 0 Å². The molecule has 9 heteroatoms. The van der Waals surface area contributed by atoms with Crippen LogP contribution in [0.5, 0.6) is 0 Å². The second kappa shape index (κ2) is 7.28. The summed E-state index contributed by atoms with van der Waals surface area (Å²) < 4.78 is 37.0. The highest BCUT2D eigenvalue weighted by molar-refractivity contribution is 6.30. The van der Waals surface area contributed by atoms with Crippen LogP contribution in [0, 0.1) is 0 Å². The van der Waals surface area contributed by atoms with E-state index in [0.29, 0.717) is 17.1 Å². The zero-order chi connectivity index (χ0) is 16.9. The minimum atomic E-state index is -4.52. The molecule has 0 saturated carbocycles. The molecule has 0 saturated heterocycles. The van der Waals surface area contributed by atoms with Crippen molar-refractivity contribution in [3.05, 3.63) is 52.7 Å². The lowest BCUT2D eigenvalue weighted by Gasteiger charge is -2.08. The van der Waals surface area contributed by atoms with E-state index in [9.17, 15) is 18.0 Å². The van der Waals surface area contributed by atoms with E-state index >= 15 is 0 Å². The summed E-state index contributed by atoms with van der Waals surface area (Å²) in [5.74, 6) is -0.0827. The number of benzene rings is 1. The topological polar surface area (TPSA) is 66.9 Å². The van der Waals surface area contributed by atoms with Gasteiger partial charge in [-0.2, -0.15) is 13.2 Å². The fourth-order valence-corrected chi connectivity index (χ4v) is 1.77. The summed E-state index contributed by atoms with van der Waals surface area (Å²) in [6.07, 6.45) is -4.52. The maximum Gasteiger partial charge on any atom is 0.435 e. The van der Waals surface area contributed by atoms with Crippen LogP contribution in [-0.2, 0) is 6.18 Å². The molecule has 0 aliphatic heterocycles. The molecule has 1 aromatic carbocycles. The molecule has 1 amide bonds. The Hall–Kier alpha value is -2.35. The molecular formula is C14H12ClF3N4O. The molecule has 0 aliphatic rings. The van der Waals surface area contributed by atoms with Gasteiger partial charge >= 0.3 is 6.18 Å². The molecule has 2 rings (SSSR count). The van der Waals surface area contributed by atoms with Crippen LogP contribution in [0.4, 0.5) is 19.0 Å². The number of nitrogens with one attached hydrogen (secondary N) is 2. The molecular weight excluding hydrogens is 333 g/mol. The van der Waals surface area contributed by atoms with E-state index in [4.69, 9.17) is 11.6 Å². The van der Waals surface area contributed by atoms with Gasteiger partial charge in [0.25, 0.3) is 5.91 Å². The van der Waals surface area contributed by atoms with Crippen LogP contribution < -0.4 is 10.6 Å². The zero-order valence-electron chi connectivity index (χ0n) is 11.7. The number of amides is 1. The van der Waals surface area contributed by atoms with Gasteiger partial charge in [0.1, 0.15) is 5.82 Å². The largest absolute Gasteiger partial charge is 0.435 e. The Balaban J connectivity index is 1.77. The highest BCUT2D eigenvalue weighted by Crippen LogP contribution is 2.26. The number of nitrogens with zero attached hydrogens (tertiary/aromatic N) is 2. The highest BCUT2D eigenvalue weighted by Gasteiger charge is 2.32. The Labute approximate surface area is 134 Å². The van der Waals surface area contributed by atoms with Gasteiger partial charge in [0, 0.05) is 23.7 Å². The Bertz CT molecular complexity index is 659. The van der Waals surface area contributed by atoms with Gasteiger partial charge in [0.2, 0.25) is 0 Å². The first-order chi connectivity index (χ1) is 10.9. The van der Waals surface area contributed by atoms with Gasteiger partial charge in [-0.05, 0) is 36.4 Å². The van der Waals surface area contributed by atoms with Crippen LogP contribution in [0.15, 0.2) is 36.4 Å². The fourth-order valence-electron chi connectivity index (χ4n) is 1.65. The molecule has 122 valence electrons. The average molecular weight is 345 g/mol. The Morgan fingerprint density at radius 1 is 1.04 bits per heavy atom. The fraction of sp³-hybridized carbons (Fsp3) is 0.214. The third kappa shape index (κ3) is 5.10. The van der Waals surface area contributed by atoms with E-state index in [1.54, 1.807) is 24.3 Å². The van der Waals surface area contributed by atoms with Crippen LogP contribution in [-0.4, -0.2) is 29.2 Å². The molecule has 0 atom stereocenters. The van der Waals surface area contributed by atoms with Gasteiger partial charge in [-0.3, -0.25) is 4.79 Å². The number of carbonyl (C=O) groups is 1. The Morgan fingerprint density at radius 3 is 2.30 bits per heavy atom. The highest BCUT2D eigenvalue weighted by atomic mass is 35.5. The Kier molecular flexibility index (Phi) is 5.38. The quantitative estimate of drug-likeness (QED) is 0.818. The molecule has 2 N–H and O–H groups in total. The molecule has 0 aliphatic carbocycles. The molecule has 0 unspecified atom stereocenters. The smallest absolute Gasteiger partial charge is 0.367 e. The van der Waals surface area contributed by atoms with E-state index in [2.05, 4.69) is 20.8 Å². The maximum atomic E-state index is 12.3. The number of anilines is 1. The predicted molar refractivity (Wildman–Crippen MR) is 79.3 cm³/mol. The van der Waals surface area contributed by atoms with Gasteiger partial charge in [-0.15, -0.1) is 10.2 Å². The third-order valence-electron chi connectivity index (χ3n) is 2.78. The van der Waals surface area contributed by atoms with Crippen LogP contribution in [0.3, 0.4) is 0 Å². The van der Waals surface area contributed by atoms with Gasteiger partial charge in [-0.1, -0.05) is 11.6 Å². The monoisotopic (exact) mass is 344 g/mol. The lowest BCUT2D eigenvalue weighted by Crippen LogP contribution is -2.28. The summed E-state index contributed by atoms with van der Waals surface area (Å²) in [7, 11) is 0. The number of hydrogen-bond acceptors (Lipinski definition) is 4. The SMILES string of the molecule is O=C(NCCNc1ccc(C(F)(F)F)nn1)c1ccc(Cl)cc1. The molecule has 2 aromatic rings. The number of rotatable bonds is 5. The van der Waals surface area contributed by atoms with Gasteiger partial charge < -0.3 is 10.6 Å². The standard InChI is InChI=1S/C14H12ClF3N4O/c15-10-3-1-9(2-4-10)13(23)20-8-7-19-12-6-5-11(21-22-12)14(16,17)18/h1-6H,7-8H2,(H,19,22)(H,20,23). The van der Waals surface area contributed by atoms with Gasteiger partial charge in [0.15, 0.2) is 5.69 Å². The number of carbonyl (C=O) groups excluding carboxylic acids is 1. The average Bonchev–Trinajstić information content (AvgIpc) is 2.51. The molecule has 0 radical (unpaired) electrons. The van der Waals surface area contributed by atoms with E-state index in [0.717, 1.165) is 6.07 Å². The molecule has 5 nitrogen and oxygen atoms in total. The van der Waals surface area contributed by atoms with Crippen molar-refractivity contribution < 1.29 is 18.0 Å². The van der Waals surface area contributed by atoms with Gasteiger partial charge in [-0.25, -0.2) is 0 Å². The van der Waals surface area contributed by atoms with Crippen LogP contribution >= 0.6 is 11.6 Å². The molecule has 0 bridgehead atoms. The van der Waals surface area contributed by atoms with Crippen molar-refractivity contribution in [1.29, 1.82) is 0 Å². The van der Waals surface area contributed by atoms with Crippen LogP contribution in [0.2, 0.25) is 5.02 Å². The molecule has 0 fully saturated rings. The summed E-state index contributed by atoms with van der Waals surface area (Å²) in [4.78, 5) is 11.8. The second-order valence-corrected chi connectivity index (χ2v) is 4.93. The van der Waals surface area contributed by atoms with Crippen molar-refractivity contribution in [2.24, 2.45) is 0 Å². The van der Waals surface area contributed by atoms with Crippen molar-refractivity contribution in [3.8, 4) is 0 Å². The first kappa shape index (κ1) is 17.0. The van der Waals surface area contributed by atoms with Gasteiger partial charge in [0.05, 0.1) is 0 Å². The summed E-state index contributed by atoms with van der Waals surface area (Å²) in [5.41, 5.74) is -0.595. The second-order valence-electron chi connectivity index (χ2n) is 4.49. The minimum absolute atomic E-state index is 0.193. The summed E-state index contributed by atoms with van der Waals surface area (Å²) >= 11 is 5.73. The molecule has 0 spiro atoms. The number of aromatic nitrogens is 2. The number of hydrogen-bond donors (Lipinski definition) is 2. The van der Waals surface area contributed by atoms with E-state index in [-0.39, 0.29) is 18.3 Å². The predicted octanol–water partition coefficient (Wildman–Crippen LogP) is 2.99. The molecule has 1 heterocycles. The molecule has 23 heavy (non-hydrogen) atoms. The lowest BCUT2D eigenvalue weighted by atomic mass is 10.2. The van der Waals surface area contributed by atoms with Crippen molar-refractivity contribution in [2.45, 2.75) is 6.18 Å². The van der Waals surface area contributed by atoms with Crippen molar-refractivity contribution >= 4 is 23.3 Å². The number of alkyl halides is 3. The maximum absolute atomic E-state index is 12.3. The van der Waals surface area contributed by atoms with E-state index < -0.39 is 11.9 Å². The zero-order valence-corrected chi connectivity index (χ0v) is 12.4. The first-order valence-electron chi connectivity index (χ1n) is 6.55.